The first-order valence-electron chi connectivity index (χ1n) is 5.14. The second-order valence-corrected chi connectivity index (χ2v) is 3.77. The number of nitrogens with two attached hydrogens (primary N) is 1. The third-order valence-electron chi connectivity index (χ3n) is 2.43. The summed E-state index contributed by atoms with van der Waals surface area (Å²) in [6.07, 6.45) is 1.76. The first kappa shape index (κ1) is 10.8. The van der Waals surface area contributed by atoms with Gasteiger partial charge in [-0.25, -0.2) is 4.39 Å². The highest BCUT2D eigenvalue weighted by Gasteiger charge is 2.02. The molecule has 0 saturated carbocycles. The number of nitrogens with zero attached hydrogens (tertiary/aromatic N) is 1. The normalized spacial score (nSPS) is 12.4. The van der Waals surface area contributed by atoms with Crippen molar-refractivity contribution < 1.29 is 4.39 Å². The van der Waals surface area contributed by atoms with Crippen LogP contribution in [0.2, 0.25) is 0 Å². The fourth-order valence-corrected chi connectivity index (χ4v) is 1.49. The van der Waals surface area contributed by atoms with E-state index >= 15 is 0 Å². The molecule has 16 heavy (non-hydrogen) atoms. The predicted molar refractivity (Wildman–Crippen MR) is 62.2 cm³/mol. The smallest absolute Gasteiger partial charge is 0.123 e. The van der Waals surface area contributed by atoms with Gasteiger partial charge in [-0.1, -0.05) is 18.2 Å². The lowest BCUT2D eigenvalue weighted by molar-refractivity contribution is 0.628. The van der Waals surface area contributed by atoms with Crippen LogP contribution in [0, 0.1) is 5.82 Å². The topological polar surface area (TPSA) is 38.9 Å². The van der Waals surface area contributed by atoms with Gasteiger partial charge in [0.05, 0.1) is 5.69 Å². The summed E-state index contributed by atoms with van der Waals surface area (Å²) in [7, 11) is 0. The maximum atomic E-state index is 12.7. The lowest BCUT2D eigenvalue weighted by Gasteiger charge is -2.06. The van der Waals surface area contributed by atoms with Crippen LogP contribution in [0.15, 0.2) is 42.6 Å². The van der Waals surface area contributed by atoms with Crippen molar-refractivity contribution in [3.05, 3.63) is 54.1 Å². The van der Waals surface area contributed by atoms with Gasteiger partial charge in [-0.15, -0.1) is 0 Å². The second kappa shape index (κ2) is 4.41. The highest BCUT2D eigenvalue weighted by atomic mass is 19.1. The van der Waals surface area contributed by atoms with Gasteiger partial charge in [-0.3, -0.25) is 4.98 Å². The van der Waals surface area contributed by atoms with Crippen LogP contribution in [0.3, 0.4) is 0 Å². The lowest BCUT2D eigenvalue weighted by Crippen LogP contribution is -2.06. The summed E-state index contributed by atoms with van der Waals surface area (Å²) in [5, 5.41) is 0. The summed E-state index contributed by atoms with van der Waals surface area (Å²) in [5.74, 6) is -0.232. The number of hydrogen-bond donors (Lipinski definition) is 1. The third-order valence-corrected chi connectivity index (χ3v) is 2.43. The second-order valence-electron chi connectivity index (χ2n) is 3.77. The molecule has 0 saturated heterocycles. The van der Waals surface area contributed by atoms with Crippen LogP contribution in [0.25, 0.3) is 11.1 Å². The first-order valence-corrected chi connectivity index (χ1v) is 5.14. The first-order chi connectivity index (χ1) is 7.66. The molecule has 0 fully saturated rings. The number of benzene rings is 1. The number of aromatic nitrogens is 1. The van der Waals surface area contributed by atoms with Crippen molar-refractivity contribution in [3.63, 3.8) is 0 Å². The Kier molecular flexibility index (Phi) is 2.97. The average Bonchev–Trinajstić information content (AvgIpc) is 2.30. The molecule has 1 aromatic heterocycles. The van der Waals surface area contributed by atoms with Gasteiger partial charge in [0.2, 0.25) is 0 Å². The molecule has 0 unspecified atom stereocenters. The quantitative estimate of drug-likeness (QED) is 0.838. The van der Waals surface area contributed by atoms with E-state index in [0.29, 0.717) is 0 Å². The van der Waals surface area contributed by atoms with E-state index in [1.165, 1.54) is 12.1 Å². The highest BCUT2D eigenvalue weighted by Crippen LogP contribution is 2.19. The predicted octanol–water partition coefficient (Wildman–Crippen LogP) is 2.91. The van der Waals surface area contributed by atoms with Crippen molar-refractivity contribution in [3.8, 4) is 11.1 Å². The van der Waals surface area contributed by atoms with E-state index in [1.54, 1.807) is 18.3 Å². The molecule has 1 atom stereocenters. The standard InChI is InChI=1S/C13H13FN2/c1-9(15)13-7-4-11(8-16-13)10-2-5-12(14)6-3-10/h2-9H,15H2,1H3/t9-/m0/s1. The monoisotopic (exact) mass is 216 g/mol. The molecule has 0 radical (unpaired) electrons. The molecule has 0 bridgehead atoms. The zero-order chi connectivity index (χ0) is 11.5. The molecular formula is C13H13FN2. The minimum Gasteiger partial charge on any atom is -0.323 e. The zero-order valence-electron chi connectivity index (χ0n) is 9.02. The van der Waals surface area contributed by atoms with Crippen LogP contribution in [-0.2, 0) is 0 Å². The van der Waals surface area contributed by atoms with Gasteiger partial charge >= 0.3 is 0 Å². The molecule has 1 aromatic carbocycles. The number of hydrogen-bond acceptors (Lipinski definition) is 2. The maximum absolute atomic E-state index is 12.7. The largest absolute Gasteiger partial charge is 0.323 e. The van der Waals surface area contributed by atoms with Crippen LogP contribution in [0.5, 0.6) is 0 Å². The Morgan fingerprint density at radius 2 is 1.69 bits per heavy atom. The van der Waals surface area contributed by atoms with Gasteiger partial charge in [0.1, 0.15) is 5.82 Å². The SMILES string of the molecule is C[C@H](N)c1ccc(-c2ccc(F)cc2)cn1. The van der Waals surface area contributed by atoms with E-state index in [1.807, 2.05) is 19.1 Å². The zero-order valence-corrected chi connectivity index (χ0v) is 9.02. The van der Waals surface area contributed by atoms with Crippen molar-refractivity contribution >= 4 is 0 Å². The van der Waals surface area contributed by atoms with Gasteiger partial charge in [-0.2, -0.15) is 0 Å². The Labute approximate surface area is 93.9 Å². The van der Waals surface area contributed by atoms with Crippen LogP contribution in [-0.4, -0.2) is 4.98 Å². The summed E-state index contributed by atoms with van der Waals surface area (Å²) in [6.45, 7) is 1.89. The van der Waals surface area contributed by atoms with Gasteiger partial charge in [-0.05, 0) is 30.7 Å². The van der Waals surface area contributed by atoms with Crippen molar-refractivity contribution in [2.75, 3.05) is 0 Å². The summed E-state index contributed by atoms with van der Waals surface area (Å²) < 4.78 is 12.7. The van der Waals surface area contributed by atoms with E-state index in [2.05, 4.69) is 4.98 Å². The Hall–Kier alpha value is -1.74. The molecule has 0 spiro atoms. The van der Waals surface area contributed by atoms with Crippen molar-refractivity contribution in [2.24, 2.45) is 5.73 Å². The summed E-state index contributed by atoms with van der Waals surface area (Å²) in [4.78, 5) is 4.26. The Morgan fingerprint density at radius 1 is 1.06 bits per heavy atom. The van der Waals surface area contributed by atoms with E-state index in [4.69, 9.17) is 5.73 Å². The van der Waals surface area contributed by atoms with Crippen LogP contribution in [0.4, 0.5) is 4.39 Å². The highest BCUT2D eigenvalue weighted by molar-refractivity contribution is 5.62. The summed E-state index contributed by atoms with van der Waals surface area (Å²) >= 11 is 0. The van der Waals surface area contributed by atoms with Gasteiger partial charge < -0.3 is 5.73 Å². The lowest BCUT2D eigenvalue weighted by atomic mass is 10.1. The number of pyridine rings is 1. The maximum Gasteiger partial charge on any atom is 0.123 e. The average molecular weight is 216 g/mol. The molecule has 3 heteroatoms. The van der Waals surface area contributed by atoms with Gasteiger partial charge in [0, 0.05) is 17.8 Å². The Bertz CT molecular complexity index is 460. The molecule has 82 valence electrons. The number of halogens is 1. The van der Waals surface area contributed by atoms with Crippen LogP contribution in [0.1, 0.15) is 18.7 Å². The van der Waals surface area contributed by atoms with Crippen molar-refractivity contribution in [2.45, 2.75) is 13.0 Å². The van der Waals surface area contributed by atoms with Gasteiger partial charge in [0.15, 0.2) is 0 Å². The fraction of sp³-hybridized carbons (Fsp3) is 0.154. The number of rotatable bonds is 2. The van der Waals surface area contributed by atoms with E-state index in [9.17, 15) is 4.39 Å². The molecule has 2 N–H and O–H groups in total. The molecule has 0 amide bonds. The molecule has 0 aliphatic carbocycles. The molecule has 0 aliphatic heterocycles. The van der Waals surface area contributed by atoms with E-state index < -0.39 is 0 Å². The van der Waals surface area contributed by atoms with Crippen molar-refractivity contribution in [1.29, 1.82) is 0 Å². The summed E-state index contributed by atoms with van der Waals surface area (Å²) in [5.41, 5.74) is 8.47. The minimum absolute atomic E-state index is 0.0673. The minimum atomic E-state index is -0.232. The van der Waals surface area contributed by atoms with Crippen molar-refractivity contribution in [1.82, 2.24) is 4.98 Å². The molecule has 0 aliphatic rings. The van der Waals surface area contributed by atoms with E-state index in [0.717, 1.165) is 16.8 Å². The van der Waals surface area contributed by atoms with Gasteiger partial charge in [0.25, 0.3) is 0 Å². The summed E-state index contributed by atoms with van der Waals surface area (Å²) in [6, 6.07) is 10.1. The molecular weight excluding hydrogens is 203 g/mol. The van der Waals surface area contributed by atoms with E-state index in [-0.39, 0.29) is 11.9 Å². The molecule has 2 aromatic rings. The Balaban J connectivity index is 2.31. The molecule has 2 nitrogen and oxygen atoms in total. The fourth-order valence-electron chi connectivity index (χ4n) is 1.49. The molecule has 2 rings (SSSR count). The third kappa shape index (κ3) is 2.25. The Morgan fingerprint density at radius 3 is 2.19 bits per heavy atom. The van der Waals surface area contributed by atoms with Crippen LogP contribution < -0.4 is 5.73 Å². The molecule has 1 heterocycles. The van der Waals surface area contributed by atoms with Crippen LogP contribution >= 0.6 is 0 Å².